The first-order valence-corrected chi connectivity index (χ1v) is 5.23. The summed E-state index contributed by atoms with van der Waals surface area (Å²) in [4.78, 5) is 14.1. The molecular weight excluding hydrogens is 252 g/mol. The summed E-state index contributed by atoms with van der Waals surface area (Å²) in [5, 5.41) is 8.55. The van der Waals surface area contributed by atoms with Crippen molar-refractivity contribution in [3.63, 3.8) is 0 Å². The average molecular weight is 263 g/mol. The van der Waals surface area contributed by atoms with Crippen molar-refractivity contribution in [3.8, 4) is 5.69 Å². The molecule has 0 saturated carbocycles. The Labute approximate surface area is 109 Å². The minimum atomic E-state index is -0.0855. The van der Waals surface area contributed by atoms with Crippen LogP contribution in [0.5, 0.6) is 0 Å². The van der Waals surface area contributed by atoms with Crippen molar-refractivity contribution in [3.05, 3.63) is 52.8 Å². The van der Waals surface area contributed by atoms with Crippen molar-refractivity contribution in [2.45, 2.75) is 6.92 Å². The van der Waals surface area contributed by atoms with E-state index in [4.69, 9.17) is 0 Å². The first-order valence-electron chi connectivity index (χ1n) is 5.23. The number of hydrogen-bond acceptors (Lipinski definition) is 3. The minimum Gasteiger partial charge on any atom is -0.322 e. The molecule has 1 N–H and O–H groups in total. The number of aryl methyl sites for hydroxylation is 1. The number of halogens is 1. The molecule has 0 atom stereocenters. The molecular formula is C12H11ClN4O. The number of fused-ring (bicyclic) bond motifs is 1. The van der Waals surface area contributed by atoms with Crippen molar-refractivity contribution in [2.75, 3.05) is 0 Å². The summed E-state index contributed by atoms with van der Waals surface area (Å²) in [5.74, 6) is 0. The minimum absolute atomic E-state index is 0. The van der Waals surface area contributed by atoms with Gasteiger partial charge < -0.3 is 4.98 Å². The second-order valence-corrected chi connectivity index (χ2v) is 3.92. The van der Waals surface area contributed by atoms with Crippen LogP contribution in [-0.4, -0.2) is 19.7 Å². The molecule has 0 bridgehead atoms. The molecule has 5 nitrogen and oxygen atoms in total. The smallest absolute Gasteiger partial charge is 0.248 e. The Hall–Kier alpha value is -2.14. The Morgan fingerprint density at radius 2 is 1.89 bits per heavy atom. The van der Waals surface area contributed by atoms with Gasteiger partial charge in [-0.05, 0) is 30.7 Å². The van der Waals surface area contributed by atoms with E-state index in [1.54, 1.807) is 12.7 Å². The molecule has 0 spiro atoms. The van der Waals surface area contributed by atoms with Gasteiger partial charge in [0.1, 0.15) is 12.7 Å². The van der Waals surface area contributed by atoms with Crippen molar-refractivity contribution in [2.24, 2.45) is 0 Å². The zero-order chi connectivity index (χ0) is 11.8. The van der Waals surface area contributed by atoms with Gasteiger partial charge in [0.2, 0.25) is 5.56 Å². The highest BCUT2D eigenvalue weighted by atomic mass is 35.5. The Balaban J connectivity index is 0.00000120. The van der Waals surface area contributed by atoms with Crippen LogP contribution in [0.25, 0.3) is 16.6 Å². The molecule has 0 aliphatic rings. The van der Waals surface area contributed by atoms with Crippen LogP contribution in [0, 0.1) is 6.92 Å². The van der Waals surface area contributed by atoms with Gasteiger partial charge in [-0.2, -0.15) is 0 Å². The van der Waals surface area contributed by atoms with Gasteiger partial charge in [-0.3, -0.25) is 9.36 Å². The third-order valence-electron chi connectivity index (χ3n) is 2.73. The van der Waals surface area contributed by atoms with E-state index in [-0.39, 0.29) is 18.0 Å². The summed E-state index contributed by atoms with van der Waals surface area (Å²) < 4.78 is 1.83. The molecule has 2 aromatic heterocycles. The number of aromatic nitrogens is 4. The van der Waals surface area contributed by atoms with Crippen LogP contribution in [-0.2, 0) is 0 Å². The van der Waals surface area contributed by atoms with Gasteiger partial charge in [-0.1, -0.05) is 0 Å². The van der Waals surface area contributed by atoms with Crippen LogP contribution >= 0.6 is 12.4 Å². The number of nitrogens with one attached hydrogen (secondary N) is 1. The molecule has 3 aromatic rings. The molecule has 0 saturated heterocycles. The predicted octanol–water partition coefficient (Wildman–Crippen LogP) is 1.84. The molecule has 0 amide bonds. The van der Waals surface area contributed by atoms with Crippen molar-refractivity contribution in [1.29, 1.82) is 0 Å². The van der Waals surface area contributed by atoms with E-state index in [1.807, 2.05) is 29.7 Å². The third kappa shape index (κ3) is 2.00. The Kier molecular flexibility index (Phi) is 3.16. The maximum atomic E-state index is 11.3. The summed E-state index contributed by atoms with van der Waals surface area (Å²) in [5.41, 5.74) is 2.78. The SMILES string of the molecule is Cc1cc(-n2cnnc2)cc2ccc(=O)[nH]c12.Cl. The molecule has 0 fully saturated rings. The fourth-order valence-corrected chi connectivity index (χ4v) is 1.91. The second-order valence-electron chi connectivity index (χ2n) is 3.92. The number of benzene rings is 1. The van der Waals surface area contributed by atoms with E-state index in [9.17, 15) is 4.79 Å². The highest BCUT2D eigenvalue weighted by Gasteiger charge is 2.03. The van der Waals surface area contributed by atoms with Crippen molar-refractivity contribution < 1.29 is 0 Å². The average Bonchev–Trinajstić information content (AvgIpc) is 2.83. The lowest BCUT2D eigenvalue weighted by Gasteiger charge is -2.06. The van der Waals surface area contributed by atoms with Crippen LogP contribution in [0.2, 0.25) is 0 Å². The van der Waals surface area contributed by atoms with Crippen LogP contribution in [0.1, 0.15) is 5.56 Å². The Morgan fingerprint density at radius 3 is 2.61 bits per heavy atom. The lowest BCUT2D eigenvalue weighted by atomic mass is 10.1. The van der Waals surface area contributed by atoms with Gasteiger partial charge in [0.15, 0.2) is 0 Å². The zero-order valence-corrected chi connectivity index (χ0v) is 10.4. The molecule has 2 heterocycles. The summed E-state index contributed by atoms with van der Waals surface area (Å²) in [6.07, 6.45) is 3.29. The van der Waals surface area contributed by atoms with Crippen molar-refractivity contribution in [1.82, 2.24) is 19.7 Å². The van der Waals surface area contributed by atoms with E-state index >= 15 is 0 Å². The zero-order valence-electron chi connectivity index (χ0n) is 9.62. The summed E-state index contributed by atoms with van der Waals surface area (Å²) in [7, 11) is 0. The molecule has 92 valence electrons. The fourth-order valence-electron chi connectivity index (χ4n) is 1.91. The second kappa shape index (κ2) is 4.62. The Morgan fingerprint density at radius 1 is 1.17 bits per heavy atom. The summed E-state index contributed by atoms with van der Waals surface area (Å²) in [6.45, 7) is 1.96. The van der Waals surface area contributed by atoms with Crippen LogP contribution in [0.15, 0.2) is 41.7 Å². The highest BCUT2D eigenvalue weighted by Crippen LogP contribution is 2.19. The number of aromatic amines is 1. The van der Waals surface area contributed by atoms with Gasteiger partial charge in [0, 0.05) is 17.1 Å². The Bertz CT molecular complexity index is 733. The van der Waals surface area contributed by atoms with E-state index in [1.165, 1.54) is 6.07 Å². The normalized spacial score (nSPS) is 10.3. The van der Waals surface area contributed by atoms with Crippen LogP contribution in [0.4, 0.5) is 0 Å². The molecule has 0 radical (unpaired) electrons. The van der Waals surface area contributed by atoms with Gasteiger partial charge in [0.05, 0.1) is 5.52 Å². The number of pyridine rings is 1. The molecule has 6 heteroatoms. The maximum Gasteiger partial charge on any atom is 0.248 e. The largest absolute Gasteiger partial charge is 0.322 e. The van der Waals surface area contributed by atoms with Gasteiger partial charge >= 0.3 is 0 Å². The first-order chi connectivity index (χ1) is 8.24. The van der Waals surface area contributed by atoms with Crippen molar-refractivity contribution >= 4 is 23.3 Å². The first kappa shape index (κ1) is 12.3. The number of rotatable bonds is 1. The topological polar surface area (TPSA) is 63.6 Å². The van der Waals surface area contributed by atoms with Gasteiger partial charge in [0.25, 0.3) is 0 Å². The maximum absolute atomic E-state index is 11.3. The number of nitrogens with zero attached hydrogens (tertiary/aromatic N) is 3. The summed E-state index contributed by atoms with van der Waals surface area (Å²) in [6, 6.07) is 7.32. The monoisotopic (exact) mass is 262 g/mol. The molecule has 3 rings (SSSR count). The van der Waals surface area contributed by atoms with E-state index in [0.29, 0.717) is 0 Å². The van der Waals surface area contributed by atoms with Gasteiger partial charge in [-0.25, -0.2) is 0 Å². The van der Waals surface area contributed by atoms with Crippen LogP contribution in [0.3, 0.4) is 0 Å². The quantitative estimate of drug-likeness (QED) is 0.728. The molecule has 0 aliphatic carbocycles. The van der Waals surface area contributed by atoms with Crippen LogP contribution < -0.4 is 5.56 Å². The third-order valence-corrected chi connectivity index (χ3v) is 2.73. The molecule has 1 aromatic carbocycles. The van der Waals surface area contributed by atoms with E-state index < -0.39 is 0 Å². The number of hydrogen-bond donors (Lipinski definition) is 1. The fraction of sp³-hybridized carbons (Fsp3) is 0.0833. The lowest BCUT2D eigenvalue weighted by molar-refractivity contribution is 1.05. The molecule has 0 unspecified atom stereocenters. The highest BCUT2D eigenvalue weighted by molar-refractivity contribution is 5.85. The number of H-pyrrole nitrogens is 1. The molecule has 0 aliphatic heterocycles. The lowest BCUT2D eigenvalue weighted by Crippen LogP contribution is -2.04. The summed E-state index contributed by atoms with van der Waals surface area (Å²) >= 11 is 0. The van der Waals surface area contributed by atoms with Gasteiger partial charge in [-0.15, -0.1) is 22.6 Å². The predicted molar refractivity (Wildman–Crippen MR) is 71.5 cm³/mol. The standard InChI is InChI=1S/C12H10N4O.ClH/c1-8-4-10(16-6-13-14-7-16)5-9-2-3-11(17)15-12(8)9;/h2-7H,1H3,(H,15,17);1H. The van der Waals surface area contributed by atoms with E-state index in [0.717, 1.165) is 22.2 Å². The van der Waals surface area contributed by atoms with E-state index in [2.05, 4.69) is 15.2 Å². The molecule has 18 heavy (non-hydrogen) atoms.